The number of hydrogen-bond acceptors (Lipinski definition) is 4. The molecule has 1 aliphatic heterocycles. The third-order valence-corrected chi connectivity index (χ3v) is 7.55. The number of ether oxygens (including phenoxy) is 3. The number of fused-ring (bicyclic) bond motifs is 3. The molecule has 2 heterocycles. The summed E-state index contributed by atoms with van der Waals surface area (Å²) >= 11 is 3.47. The van der Waals surface area contributed by atoms with E-state index in [1.165, 1.54) is 22.2 Å². The number of H-pyrrole nitrogens is 1. The maximum Gasteiger partial charge on any atom is 0.125 e. The molecule has 192 valence electrons. The van der Waals surface area contributed by atoms with Gasteiger partial charge in [0.15, 0.2) is 0 Å². The third-order valence-electron chi connectivity index (χ3n) is 7.02. The Morgan fingerprint density at radius 2 is 1.63 bits per heavy atom. The van der Waals surface area contributed by atoms with E-state index >= 15 is 0 Å². The summed E-state index contributed by atoms with van der Waals surface area (Å²) in [7, 11) is 1.70. The van der Waals surface area contributed by atoms with Gasteiger partial charge >= 0.3 is 0 Å². The molecule has 1 unspecified atom stereocenters. The second kappa shape index (κ2) is 10.9. The molecule has 38 heavy (non-hydrogen) atoms. The number of rotatable bonds is 8. The molecule has 5 aromatic rings. The van der Waals surface area contributed by atoms with Crippen molar-refractivity contribution in [3.8, 4) is 17.2 Å². The minimum atomic E-state index is 0.0529. The molecular weight excluding hydrogens is 540 g/mol. The Balaban J connectivity index is 1.26. The number of halogens is 1. The third kappa shape index (κ3) is 5.15. The minimum absolute atomic E-state index is 0.0529. The quantitative estimate of drug-likeness (QED) is 0.206. The van der Waals surface area contributed by atoms with Gasteiger partial charge in [-0.25, -0.2) is 0 Å². The molecule has 0 fully saturated rings. The SMILES string of the molecule is COc1ccc(C2NCCc3c2[nH]c2ccc(OCc4ccccc4)cc32)cc1COc1ccc(Br)cc1. The van der Waals surface area contributed by atoms with Crippen molar-refractivity contribution in [1.29, 1.82) is 0 Å². The van der Waals surface area contributed by atoms with Crippen molar-refractivity contribution in [2.45, 2.75) is 25.7 Å². The fourth-order valence-electron chi connectivity index (χ4n) is 5.10. The Bertz CT molecular complexity index is 1550. The summed E-state index contributed by atoms with van der Waals surface area (Å²) in [5.41, 5.74) is 7.02. The van der Waals surface area contributed by atoms with Crippen LogP contribution in [0.5, 0.6) is 17.2 Å². The normalized spacial score (nSPS) is 14.7. The maximum atomic E-state index is 6.12. The highest BCUT2D eigenvalue weighted by Gasteiger charge is 2.26. The van der Waals surface area contributed by atoms with Crippen LogP contribution < -0.4 is 19.5 Å². The lowest BCUT2D eigenvalue weighted by Gasteiger charge is -2.25. The highest BCUT2D eigenvalue weighted by molar-refractivity contribution is 9.10. The van der Waals surface area contributed by atoms with E-state index in [0.29, 0.717) is 13.2 Å². The monoisotopic (exact) mass is 568 g/mol. The van der Waals surface area contributed by atoms with Gasteiger partial charge in [0.1, 0.15) is 30.5 Å². The van der Waals surface area contributed by atoms with Crippen molar-refractivity contribution in [3.05, 3.63) is 123 Å². The highest BCUT2D eigenvalue weighted by Crippen LogP contribution is 2.36. The first kappa shape index (κ1) is 24.6. The van der Waals surface area contributed by atoms with Crippen molar-refractivity contribution < 1.29 is 14.2 Å². The Kier molecular flexibility index (Phi) is 7.08. The Morgan fingerprint density at radius 3 is 2.45 bits per heavy atom. The number of methoxy groups -OCH3 is 1. The molecule has 0 bridgehead atoms. The molecule has 1 aliphatic rings. The number of nitrogens with one attached hydrogen (secondary N) is 2. The summed E-state index contributed by atoms with van der Waals surface area (Å²) < 4.78 is 18.9. The molecule has 0 saturated heterocycles. The van der Waals surface area contributed by atoms with Gasteiger partial charge in [-0.05, 0) is 77.7 Å². The molecular formula is C32H29BrN2O3. The predicted molar refractivity (Wildman–Crippen MR) is 154 cm³/mol. The lowest BCUT2D eigenvalue weighted by atomic mass is 9.93. The fourth-order valence-corrected chi connectivity index (χ4v) is 5.37. The van der Waals surface area contributed by atoms with Crippen LogP contribution in [-0.2, 0) is 19.6 Å². The van der Waals surface area contributed by atoms with Crippen LogP contribution in [-0.4, -0.2) is 18.6 Å². The maximum absolute atomic E-state index is 6.12. The van der Waals surface area contributed by atoms with Gasteiger partial charge in [0.05, 0.1) is 13.2 Å². The standard InChI is InChI=1S/C32H29BrN2O3/c1-36-30-14-7-22(17-23(30)20-38-25-10-8-24(33)9-11-25)31-32-27(15-16-34-31)28-18-26(12-13-29(28)35-32)37-19-21-5-3-2-4-6-21/h2-14,17-18,31,34-35H,15-16,19-20H2,1H3. The summed E-state index contributed by atoms with van der Waals surface area (Å²) in [6.07, 6.45) is 0.962. The van der Waals surface area contributed by atoms with Gasteiger partial charge in [-0.1, -0.05) is 52.3 Å². The van der Waals surface area contributed by atoms with Crippen molar-refractivity contribution in [2.24, 2.45) is 0 Å². The summed E-state index contributed by atoms with van der Waals surface area (Å²) in [6, 6.07) is 30.9. The topological polar surface area (TPSA) is 55.5 Å². The van der Waals surface area contributed by atoms with Gasteiger partial charge in [-0.15, -0.1) is 0 Å². The molecule has 6 rings (SSSR count). The van der Waals surface area contributed by atoms with Gasteiger partial charge in [-0.2, -0.15) is 0 Å². The summed E-state index contributed by atoms with van der Waals surface area (Å²) in [6.45, 7) is 1.88. The van der Waals surface area contributed by atoms with Crippen LogP contribution in [0.15, 0.2) is 95.5 Å². The van der Waals surface area contributed by atoms with Gasteiger partial charge in [-0.3, -0.25) is 0 Å². The lowest BCUT2D eigenvalue weighted by Crippen LogP contribution is -2.30. The van der Waals surface area contributed by atoms with E-state index in [1.54, 1.807) is 7.11 Å². The van der Waals surface area contributed by atoms with E-state index in [1.807, 2.05) is 54.6 Å². The van der Waals surface area contributed by atoms with E-state index in [4.69, 9.17) is 14.2 Å². The molecule has 5 nitrogen and oxygen atoms in total. The van der Waals surface area contributed by atoms with Gasteiger partial charge in [0.2, 0.25) is 0 Å². The number of hydrogen-bond donors (Lipinski definition) is 2. The van der Waals surface area contributed by atoms with Crippen LogP contribution in [0.3, 0.4) is 0 Å². The lowest BCUT2D eigenvalue weighted by molar-refractivity contribution is 0.296. The van der Waals surface area contributed by atoms with E-state index < -0.39 is 0 Å². The number of aromatic nitrogens is 1. The second-order valence-electron chi connectivity index (χ2n) is 9.45. The van der Waals surface area contributed by atoms with Crippen LogP contribution in [0.4, 0.5) is 0 Å². The molecule has 6 heteroatoms. The van der Waals surface area contributed by atoms with E-state index in [0.717, 1.165) is 51.3 Å². The Hall–Kier alpha value is -3.74. The van der Waals surface area contributed by atoms with Gasteiger partial charge in [0, 0.05) is 33.2 Å². The van der Waals surface area contributed by atoms with Gasteiger partial charge in [0.25, 0.3) is 0 Å². The predicted octanol–water partition coefficient (Wildman–Crippen LogP) is 7.33. The minimum Gasteiger partial charge on any atom is -0.496 e. The van der Waals surface area contributed by atoms with E-state index in [-0.39, 0.29) is 6.04 Å². The largest absolute Gasteiger partial charge is 0.496 e. The van der Waals surface area contributed by atoms with Gasteiger partial charge < -0.3 is 24.5 Å². The second-order valence-corrected chi connectivity index (χ2v) is 10.4. The fraction of sp³-hybridized carbons (Fsp3) is 0.188. The molecule has 0 saturated carbocycles. The number of aromatic amines is 1. The van der Waals surface area contributed by atoms with Crippen molar-refractivity contribution in [2.75, 3.05) is 13.7 Å². The molecule has 1 atom stereocenters. The molecule has 2 N–H and O–H groups in total. The summed E-state index contributed by atoms with van der Waals surface area (Å²) in [5.74, 6) is 2.52. The van der Waals surface area contributed by atoms with E-state index in [9.17, 15) is 0 Å². The first-order valence-corrected chi connectivity index (χ1v) is 13.6. The van der Waals surface area contributed by atoms with Crippen molar-refractivity contribution in [3.63, 3.8) is 0 Å². The Morgan fingerprint density at radius 1 is 0.842 bits per heavy atom. The van der Waals surface area contributed by atoms with Crippen LogP contribution in [0.25, 0.3) is 10.9 Å². The van der Waals surface area contributed by atoms with Crippen LogP contribution in [0.1, 0.15) is 34.0 Å². The van der Waals surface area contributed by atoms with Crippen molar-refractivity contribution >= 4 is 26.8 Å². The molecule has 0 spiro atoms. The summed E-state index contributed by atoms with van der Waals surface area (Å²) in [5, 5.41) is 4.94. The van der Waals surface area contributed by atoms with Crippen molar-refractivity contribution in [1.82, 2.24) is 10.3 Å². The zero-order valence-electron chi connectivity index (χ0n) is 21.2. The number of benzene rings is 4. The molecule has 1 aromatic heterocycles. The molecule has 0 radical (unpaired) electrons. The summed E-state index contributed by atoms with van der Waals surface area (Å²) in [4.78, 5) is 3.69. The average molecular weight is 569 g/mol. The smallest absolute Gasteiger partial charge is 0.125 e. The zero-order chi connectivity index (χ0) is 25.9. The average Bonchev–Trinajstić information content (AvgIpc) is 3.34. The Labute approximate surface area is 230 Å². The van der Waals surface area contributed by atoms with E-state index in [2.05, 4.69) is 62.6 Å². The van der Waals surface area contributed by atoms with Crippen LogP contribution in [0.2, 0.25) is 0 Å². The molecule has 4 aromatic carbocycles. The molecule has 0 amide bonds. The highest BCUT2D eigenvalue weighted by atomic mass is 79.9. The van der Waals surface area contributed by atoms with Crippen LogP contribution >= 0.6 is 15.9 Å². The first-order chi connectivity index (χ1) is 18.7. The zero-order valence-corrected chi connectivity index (χ0v) is 22.8. The van der Waals surface area contributed by atoms with Crippen LogP contribution in [0, 0.1) is 0 Å². The first-order valence-electron chi connectivity index (χ1n) is 12.8. The molecule has 0 aliphatic carbocycles.